The van der Waals surface area contributed by atoms with E-state index < -0.39 is 0 Å². The van der Waals surface area contributed by atoms with Crippen LogP contribution in [-0.2, 0) is 13.1 Å². The molecule has 0 radical (unpaired) electrons. The van der Waals surface area contributed by atoms with Crippen molar-refractivity contribution in [3.8, 4) is 11.3 Å². The highest BCUT2D eigenvalue weighted by atomic mass is 15.3. The van der Waals surface area contributed by atoms with Crippen LogP contribution in [0.5, 0.6) is 0 Å². The highest BCUT2D eigenvalue weighted by molar-refractivity contribution is 5.61. The Morgan fingerprint density at radius 3 is 2.62 bits per heavy atom. The second-order valence-electron chi connectivity index (χ2n) is 7.86. The molecule has 3 aromatic rings. The Morgan fingerprint density at radius 2 is 1.83 bits per heavy atom. The number of hydrogen-bond acceptors (Lipinski definition) is 4. The van der Waals surface area contributed by atoms with Crippen molar-refractivity contribution < 1.29 is 0 Å². The first-order valence-electron chi connectivity index (χ1n) is 10.8. The molecule has 4 rings (SSSR count). The van der Waals surface area contributed by atoms with Gasteiger partial charge in [0.2, 0.25) is 0 Å². The van der Waals surface area contributed by atoms with E-state index in [2.05, 4.69) is 51.7 Å². The molecule has 1 aromatic carbocycles. The molecule has 5 heteroatoms. The van der Waals surface area contributed by atoms with Gasteiger partial charge < -0.3 is 10.2 Å². The summed E-state index contributed by atoms with van der Waals surface area (Å²) in [7, 11) is 0. The molecular formula is C24H31N5. The number of rotatable bonds is 9. The van der Waals surface area contributed by atoms with Crippen molar-refractivity contribution in [3.63, 3.8) is 0 Å². The molecule has 0 saturated carbocycles. The molecule has 1 saturated heterocycles. The largest absolute Gasteiger partial charge is 0.312 e. The van der Waals surface area contributed by atoms with Gasteiger partial charge in [-0.05, 0) is 63.1 Å². The van der Waals surface area contributed by atoms with Gasteiger partial charge in [-0.3, -0.25) is 9.67 Å². The Morgan fingerprint density at radius 1 is 0.966 bits per heavy atom. The third kappa shape index (κ3) is 5.75. The molecular weight excluding hydrogens is 358 g/mol. The fourth-order valence-corrected chi connectivity index (χ4v) is 4.02. The lowest BCUT2D eigenvalue weighted by Crippen LogP contribution is -2.32. The van der Waals surface area contributed by atoms with E-state index in [0.29, 0.717) is 0 Å². The summed E-state index contributed by atoms with van der Waals surface area (Å²) in [6.07, 6.45) is 11.2. The summed E-state index contributed by atoms with van der Waals surface area (Å²) < 4.78 is 2.04. The van der Waals surface area contributed by atoms with Gasteiger partial charge >= 0.3 is 0 Å². The van der Waals surface area contributed by atoms with E-state index in [9.17, 15) is 0 Å². The van der Waals surface area contributed by atoms with Crippen LogP contribution in [0.4, 0.5) is 0 Å². The molecule has 0 unspecified atom stereocenters. The van der Waals surface area contributed by atoms with Gasteiger partial charge in [-0.2, -0.15) is 5.10 Å². The van der Waals surface area contributed by atoms with E-state index in [0.717, 1.165) is 30.9 Å². The van der Waals surface area contributed by atoms with E-state index in [4.69, 9.17) is 5.10 Å². The van der Waals surface area contributed by atoms with Gasteiger partial charge in [0.25, 0.3) is 0 Å². The van der Waals surface area contributed by atoms with Crippen LogP contribution in [0.2, 0.25) is 0 Å². The van der Waals surface area contributed by atoms with Crippen LogP contribution in [0.3, 0.4) is 0 Å². The number of piperidine rings is 1. The molecule has 1 fully saturated rings. The van der Waals surface area contributed by atoms with E-state index in [-0.39, 0.29) is 0 Å². The molecule has 0 spiro atoms. The molecule has 2 aromatic heterocycles. The number of hydrogen-bond donors (Lipinski definition) is 1. The van der Waals surface area contributed by atoms with Crippen LogP contribution in [0, 0.1) is 0 Å². The second-order valence-corrected chi connectivity index (χ2v) is 7.86. The lowest BCUT2D eigenvalue weighted by atomic mass is 10.1. The first-order chi connectivity index (χ1) is 14.4. The highest BCUT2D eigenvalue weighted by Crippen LogP contribution is 2.21. The summed E-state index contributed by atoms with van der Waals surface area (Å²) in [6.45, 7) is 6.40. The maximum Gasteiger partial charge on any atom is 0.0983 e. The van der Waals surface area contributed by atoms with Crippen molar-refractivity contribution in [1.82, 2.24) is 25.0 Å². The zero-order valence-electron chi connectivity index (χ0n) is 17.1. The molecule has 5 nitrogen and oxygen atoms in total. The van der Waals surface area contributed by atoms with E-state index in [1.54, 1.807) is 0 Å². The number of aromatic nitrogens is 3. The van der Waals surface area contributed by atoms with E-state index in [1.807, 2.05) is 29.2 Å². The van der Waals surface area contributed by atoms with Gasteiger partial charge in [0.15, 0.2) is 0 Å². The summed E-state index contributed by atoms with van der Waals surface area (Å²) in [5.41, 5.74) is 4.59. The molecule has 152 valence electrons. The average molecular weight is 390 g/mol. The number of benzene rings is 1. The van der Waals surface area contributed by atoms with Gasteiger partial charge in [0.1, 0.15) is 0 Å². The van der Waals surface area contributed by atoms with Crippen molar-refractivity contribution in [1.29, 1.82) is 0 Å². The Hall–Kier alpha value is -2.50. The predicted octanol–water partition coefficient (Wildman–Crippen LogP) is 3.96. The van der Waals surface area contributed by atoms with Crippen LogP contribution >= 0.6 is 0 Å². The Bertz CT molecular complexity index is 853. The standard InChI is InChI=1S/C24H31N5/c1-3-9-21(10-4-1)19-29-20-23(24(27-29)22-11-7-12-25-17-22)18-26-13-8-16-28-14-5-2-6-15-28/h1,3-4,7,9-12,17,20,26H,2,5-6,8,13-16,18-19H2. The van der Waals surface area contributed by atoms with Crippen LogP contribution < -0.4 is 5.32 Å². The molecule has 3 heterocycles. The topological polar surface area (TPSA) is 46.0 Å². The average Bonchev–Trinajstić information content (AvgIpc) is 3.18. The zero-order chi connectivity index (χ0) is 19.7. The summed E-state index contributed by atoms with van der Waals surface area (Å²) in [5, 5.41) is 8.50. The summed E-state index contributed by atoms with van der Waals surface area (Å²) in [4.78, 5) is 6.88. The molecule has 0 atom stereocenters. The molecule has 0 bridgehead atoms. The number of nitrogens with one attached hydrogen (secondary N) is 1. The molecule has 29 heavy (non-hydrogen) atoms. The van der Waals surface area contributed by atoms with Crippen LogP contribution in [0.15, 0.2) is 61.1 Å². The van der Waals surface area contributed by atoms with Gasteiger partial charge in [0, 0.05) is 36.3 Å². The van der Waals surface area contributed by atoms with Crippen LogP contribution in [0.1, 0.15) is 36.8 Å². The van der Waals surface area contributed by atoms with E-state index >= 15 is 0 Å². The lowest BCUT2D eigenvalue weighted by Gasteiger charge is -2.26. The minimum atomic E-state index is 0.781. The Kier molecular flexibility index (Phi) is 7.05. The number of nitrogens with zero attached hydrogens (tertiary/aromatic N) is 4. The zero-order valence-corrected chi connectivity index (χ0v) is 17.1. The third-order valence-corrected chi connectivity index (χ3v) is 5.55. The van der Waals surface area contributed by atoms with Gasteiger partial charge in [0.05, 0.1) is 12.2 Å². The second kappa shape index (κ2) is 10.3. The fourth-order valence-electron chi connectivity index (χ4n) is 4.02. The normalized spacial score (nSPS) is 14.9. The first kappa shape index (κ1) is 19.8. The highest BCUT2D eigenvalue weighted by Gasteiger charge is 2.12. The number of likely N-dealkylation sites (tertiary alicyclic amines) is 1. The maximum absolute atomic E-state index is 4.88. The predicted molar refractivity (Wildman–Crippen MR) is 118 cm³/mol. The van der Waals surface area contributed by atoms with Crippen molar-refractivity contribution in [2.75, 3.05) is 26.2 Å². The van der Waals surface area contributed by atoms with Gasteiger partial charge in [-0.1, -0.05) is 36.8 Å². The quantitative estimate of drug-likeness (QED) is 0.563. The SMILES string of the molecule is c1ccc(Cn2cc(CNCCCN3CCCCC3)c(-c3cccnc3)n2)cc1. The van der Waals surface area contributed by atoms with Crippen molar-refractivity contribution in [2.45, 2.75) is 38.8 Å². The smallest absolute Gasteiger partial charge is 0.0983 e. The van der Waals surface area contributed by atoms with Gasteiger partial charge in [-0.15, -0.1) is 0 Å². The molecule has 0 aliphatic carbocycles. The van der Waals surface area contributed by atoms with Crippen molar-refractivity contribution >= 4 is 0 Å². The maximum atomic E-state index is 4.88. The first-order valence-corrected chi connectivity index (χ1v) is 10.8. The molecule has 1 N–H and O–H groups in total. The van der Waals surface area contributed by atoms with Crippen molar-refractivity contribution in [2.24, 2.45) is 0 Å². The summed E-state index contributed by atoms with van der Waals surface area (Å²) in [6, 6.07) is 14.5. The summed E-state index contributed by atoms with van der Waals surface area (Å²) >= 11 is 0. The van der Waals surface area contributed by atoms with Crippen LogP contribution in [0.25, 0.3) is 11.3 Å². The molecule has 1 aliphatic heterocycles. The lowest BCUT2D eigenvalue weighted by molar-refractivity contribution is 0.225. The number of pyridine rings is 1. The Balaban J connectivity index is 1.37. The Labute approximate surface area is 173 Å². The fraction of sp³-hybridized carbons (Fsp3) is 0.417. The van der Waals surface area contributed by atoms with Crippen molar-refractivity contribution in [3.05, 3.63) is 72.2 Å². The summed E-state index contributed by atoms with van der Waals surface area (Å²) in [5.74, 6) is 0. The minimum absolute atomic E-state index is 0.781. The monoisotopic (exact) mass is 389 g/mol. The molecule has 0 amide bonds. The van der Waals surface area contributed by atoms with Gasteiger partial charge in [-0.25, -0.2) is 0 Å². The van der Waals surface area contributed by atoms with E-state index in [1.165, 1.54) is 56.4 Å². The third-order valence-electron chi connectivity index (χ3n) is 5.55. The minimum Gasteiger partial charge on any atom is -0.312 e. The molecule has 1 aliphatic rings. The van der Waals surface area contributed by atoms with Crippen LogP contribution in [-0.4, -0.2) is 45.8 Å².